The normalized spacial score (nSPS) is 11.2. The Kier molecular flexibility index (Phi) is 9.97. The lowest BCUT2D eigenvalue weighted by atomic mass is 10.1. The van der Waals surface area contributed by atoms with Crippen molar-refractivity contribution in [3.8, 4) is 6.07 Å². The van der Waals surface area contributed by atoms with Crippen LogP contribution in [0.15, 0.2) is 12.7 Å². The Bertz CT molecular complexity index is 363. The molecule has 0 aromatic heterocycles. The molecule has 1 unspecified atom stereocenters. The molecule has 0 saturated carbocycles. The molecule has 0 aliphatic rings. The van der Waals surface area contributed by atoms with Crippen LogP contribution >= 0.6 is 0 Å². The van der Waals surface area contributed by atoms with Crippen LogP contribution in [0.4, 0.5) is 0 Å². The van der Waals surface area contributed by atoms with Gasteiger partial charge in [0, 0.05) is 33.1 Å². The Morgan fingerprint density at radius 1 is 1.50 bits per heavy atom. The number of carbonyl (C=O) groups excluding carboxylic acids is 2. The first kappa shape index (κ1) is 18.1. The molecular weight excluding hydrogens is 260 g/mol. The molecule has 0 rings (SSSR count). The predicted octanol–water partition coefficient (Wildman–Crippen LogP) is 1.27. The third-order valence-electron chi connectivity index (χ3n) is 2.71. The van der Waals surface area contributed by atoms with Crippen molar-refractivity contribution < 1.29 is 19.1 Å². The monoisotopic (exact) mass is 282 g/mol. The third-order valence-corrected chi connectivity index (χ3v) is 2.71. The van der Waals surface area contributed by atoms with Crippen molar-refractivity contribution in [1.82, 2.24) is 4.90 Å². The number of hydrogen-bond acceptors (Lipinski definition) is 5. The summed E-state index contributed by atoms with van der Waals surface area (Å²) in [5, 5.41) is 8.43. The topological polar surface area (TPSA) is 79.6 Å². The van der Waals surface area contributed by atoms with Crippen molar-refractivity contribution in [1.29, 1.82) is 5.26 Å². The maximum Gasteiger partial charge on any atom is 0.329 e. The fourth-order valence-corrected chi connectivity index (χ4v) is 1.58. The second kappa shape index (κ2) is 11.0. The SMILES string of the molecule is C=CCCC(=O)N(C)C(CCOCC)C(=O)OCC#N. The summed E-state index contributed by atoms with van der Waals surface area (Å²) in [6, 6.07) is 1.00. The number of hydrogen-bond donors (Lipinski definition) is 0. The van der Waals surface area contributed by atoms with E-state index in [-0.39, 0.29) is 18.9 Å². The van der Waals surface area contributed by atoms with E-state index < -0.39 is 12.0 Å². The van der Waals surface area contributed by atoms with E-state index in [1.165, 1.54) is 4.90 Å². The average Bonchev–Trinajstić information content (AvgIpc) is 2.46. The Morgan fingerprint density at radius 3 is 2.75 bits per heavy atom. The maximum atomic E-state index is 11.9. The summed E-state index contributed by atoms with van der Waals surface area (Å²) in [7, 11) is 1.55. The molecule has 1 amide bonds. The van der Waals surface area contributed by atoms with Crippen molar-refractivity contribution in [2.24, 2.45) is 0 Å². The molecule has 0 aliphatic heterocycles. The summed E-state index contributed by atoms with van der Waals surface area (Å²) < 4.78 is 9.99. The van der Waals surface area contributed by atoms with Crippen LogP contribution in [-0.4, -0.2) is 49.7 Å². The van der Waals surface area contributed by atoms with E-state index in [4.69, 9.17) is 14.7 Å². The summed E-state index contributed by atoms with van der Waals surface area (Å²) in [6.45, 7) is 5.97. The quantitative estimate of drug-likeness (QED) is 0.342. The molecule has 112 valence electrons. The molecule has 6 heteroatoms. The number of amides is 1. The summed E-state index contributed by atoms with van der Waals surface area (Å²) in [5.41, 5.74) is 0. The number of ether oxygens (including phenoxy) is 2. The van der Waals surface area contributed by atoms with E-state index in [0.717, 1.165) is 0 Å². The highest BCUT2D eigenvalue weighted by atomic mass is 16.5. The van der Waals surface area contributed by atoms with Crippen LogP contribution < -0.4 is 0 Å². The van der Waals surface area contributed by atoms with Crippen LogP contribution in [-0.2, 0) is 19.1 Å². The number of likely N-dealkylation sites (N-methyl/N-ethyl adjacent to an activating group) is 1. The van der Waals surface area contributed by atoms with Gasteiger partial charge < -0.3 is 14.4 Å². The molecule has 0 N–H and O–H groups in total. The second-order valence-corrected chi connectivity index (χ2v) is 4.10. The molecule has 0 fully saturated rings. The first-order valence-electron chi connectivity index (χ1n) is 6.56. The van der Waals surface area contributed by atoms with Gasteiger partial charge in [0.2, 0.25) is 5.91 Å². The number of nitriles is 1. The lowest BCUT2D eigenvalue weighted by Crippen LogP contribution is -2.44. The van der Waals surface area contributed by atoms with Crippen molar-refractivity contribution in [3.63, 3.8) is 0 Å². The van der Waals surface area contributed by atoms with E-state index in [1.807, 2.05) is 6.92 Å². The molecule has 0 aromatic carbocycles. The van der Waals surface area contributed by atoms with E-state index in [0.29, 0.717) is 26.1 Å². The zero-order valence-electron chi connectivity index (χ0n) is 12.1. The van der Waals surface area contributed by atoms with Gasteiger partial charge in [-0.25, -0.2) is 4.79 Å². The fraction of sp³-hybridized carbons (Fsp3) is 0.643. The minimum absolute atomic E-state index is 0.166. The lowest BCUT2D eigenvalue weighted by Gasteiger charge is -2.26. The van der Waals surface area contributed by atoms with Crippen LogP contribution in [0.5, 0.6) is 0 Å². The molecular formula is C14H22N2O4. The molecule has 6 nitrogen and oxygen atoms in total. The predicted molar refractivity (Wildman–Crippen MR) is 73.7 cm³/mol. The highest BCUT2D eigenvalue weighted by Gasteiger charge is 2.27. The molecule has 0 radical (unpaired) electrons. The zero-order chi connectivity index (χ0) is 15.4. The molecule has 0 spiro atoms. The van der Waals surface area contributed by atoms with Gasteiger partial charge in [-0.2, -0.15) is 5.26 Å². The maximum absolute atomic E-state index is 11.9. The van der Waals surface area contributed by atoms with Gasteiger partial charge in [-0.15, -0.1) is 6.58 Å². The van der Waals surface area contributed by atoms with Crippen LogP contribution in [0.2, 0.25) is 0 Å². The smallest absolute Gasteiger partial charge is 0.329 e. The minimum Gasteiger partial charge on any atom is -0.449 e. The van der Waals surface area contributed by atoms with E-state index in [2.05, 4.69) is 6.58 Å². The van der Waals surface area contributed by atoms with Gasteiger partial charge >= 0.3 is 5.97 Å². The molecule has 0 bridgehead atoms. The number of allylic oxidation sites excluding steroid dienone is 1. The molecule has 0 aromatic rings. The number of esters is 1. The fourth-order valence-electron chi connectivity index (χ4n) is 1.58. The van der Waals surface area contributed by atoms with Crippen LogP contribution in [0.1, 0.15) is 26.2 Å². The third kappa shape index (κ3) is 6.90. The summed E-state index contributed by atoms with van der Waals surface area (Å²) in [4.78, 5) is 25.1. The van der Waals surface area contributed by atoms with Crippen LogP contribution in [0.25, 0.3) is 0 Å². The largest absolute Gasteiger partial charge is 0.449 e. The second-order valence-electron chi connectivity index (χ2n) is 4.10. The van der Waals surface area contributed by atoms with Gasteiger partial charge in [-0.1, -0.05) is 6.08 Å². The van der Waals surface area contributed by atoms with Gasteiger partial charge in [-0.05, 0) is 13.3 Å². The summed E-state index contributed by atoms with van der Waals surface area (Å²) in [5.74, 6) is -0.749. The number of rotatable bonds is 10. The molecule has 0 aliphatic carbocycles. The zero-order valence-corrected chi connectivity index (χ0v) is 12.1. The summed E-state index contributed by atoms with van der Waals surface area (Å²) in [6.07, 6.45) is 2.83. The van der Waals surface area contributed by atoms with Gasteiger partial charge in [0.05, 0.1) is 0 Å². The number of carbonyl (C=O) groups is 2. The van der Waals surface area contributed by atoms with Gasteiger partial charge in [-0.3, -0.25) is 4.79 Å². The Labute approximate surface area is 119 Å². The van der Waals surface area contributed by atoms with Gasteiger partial charge in [0.1, 0.15) is 12.1 Å². The Hall–Kier alpha value is -1.87. The standard InChI is InChI=1S/C14H22N2O4/c1-4-6-7-13(17)16(3)12(8-10-19-5-2)14(18)20-11-9-15/h4,12H,1,5-8,10-11H2,2-3H3. The van der Waals surface area contributed by atoms with Gasteiger partial charge in [0.25, 0.3) is 0 Å². The Morgan fingerprint density at radius 2 is 2.20 bits per heavy atom. The highest BCUT2D eigenvalue weighted by Crippen LogP contribution is 2.09. The summed E-state index contributed by atoms with van der Waals surface area (Å²) >= 11 is 0. The highest BCUT2D eigenvalue weighted by molar-refractivity contribution is 5.84. The number of nitrogens with zero attached hydrogens (tertiary/aromatic N) is 2. The average molecular weight is 282 g/mol. The first-order valence-corrected chi connectivity index (χ1v) is 6.56. The molecule has 0 heterocycles. The lowest BCUT2D eigenvalue weighted by molar-refractivity contribution is -0.153. The molecule has 1 atom stereocenters. The van der Waals surface area contributed by atoms with Crippen molar-refractivity contribution in [2.45, 2.75) is 32.2 Å². The van der Waals surface area contributed by atoms with Crippen LogP contribution in [0, 0.1) is 11.3 Å². The minimum atomic E-state index is -0.729. The Balaban J connectivity index is 4.63. The van der Waals surface area contributed by atoms with Crippen LogP contribution in [0.3, 0.4) is 0 Å². The van der Waals surface area contributed by atoms with Crippen molar-refractivity contribution in [2.75, 3.05) is 26.9 Å². The molecule has 20 heavy (non-hydrogen) atoms. The van der Waals surface area contributed by atoms with Gasteiger partial charge in [0.15, 0.2) is 6.61 Å². The molecule has 0 saturated heterocycles. The van der Waals surface area contributed by atoms with Crippen molar-refractivity contribution in [3.05, 3.63) is 12.7 Å². The van der Waals surface area contributed by atoms with E-state index >= 15 is 0 Å². The van der Waals surface area contributed by atoms with E-state index in [9.17, 15) is 9.59 Å². The van der Waals surface area contributed by atoms with Crippen molar-refractivity contribution >= 4 is 11.9 Å². The van der Waals surface area contributed by atoms with E-state index in [1.54, 1.807) is 19.2 Å². The first-order chi connectivity index (χ1) is 9.58.